The third-order valence-electron chi connectivity index (χ3n) is 6.14. The van der Waals surface area contributed by atoms with E-state index >= 15 is 4.39 Å². The van der Waals surface area contributed by atoms with E-state index in [0.29, 0.717) is 4.90 Å². The van der Waals surface area contributed by atoms with Crippen molar-refractivity contribution >= 4 is 75.7 Å². The maximum atomic E-state index is 15.1. The van der Waals surface area contributed by atoms with Gasteiger partial charge in [-0.1, -0.05) is 29.4 Å². The SMILES string of the molecule is Cc1c(Sc2cccc(C(=O)O)c2F)c2ccc(Cl)c(F)c2n1CC(=O)N1CCC(O)(C(F)(F)F)C1.[NaH]. The van der Waals surface area contributed by atoms with Gasteiger partial charge in [-0.3, -0.25) is 4.79 Å². The van der Waals surface area contributed by atoms with Crippen LogP contribution in [-0.4, -0.2) is 86.0 Å². The molecule has 0 bridgehead atoms. The van der Waals surface area contributed by atoms with E-state index in [9.17, 15) is 37.4 Å². The van der Waals surface area contributed by atoms with Gasteiger partial charge < -0.3 is 19.7 Å². The number of amides is 1. The second-order valence-electron chi connectivity index (χ2n) is 8.38. The molecule has 6 nitrogen and oxygen atoms in total. The van der Waals surface area contributed by atoms with Crippen molar-refractivity contribution in [1.82, 2.24) is 9.47 Å². The van der Waals surface area contributed by atoms with E-state index in [1.807, 2.05) is 0 Å². The molecule has 1 amide bonds. The average molecular weight is 573 g/mol. The first-order valence-electron chi connectivity index (χ1n) is 10.5. The third kappa shape index (κ3) is 5.37. The Balaban J connectivity index is 0.00000380. The standard InChI is InChI=1S/C23H18ClF5N2O4S.Na.H/c1-11-20(36-15-4-2-3-12(17(15)25)21(33)34)13-5-6-14(24)18(26)19(13)31(11)9-16(32)30-8-7-22(35,10-30)23(27,28)29;;/h2-6,35H,7-10H2,1H3,(H,33,34);;. The number of β-amino-alcohol motifs (C(OH)–C–C–N with tert-alkyl or cyclic N) is 1. The first kappa shape index (κ1) is 29.7. The van der Waals surface area contributed by atoms with Crippen molar-refractivity contribution < 1.29 is 41.8 Å². The fourth-order valence-corrected chi connectivity index (χ4v) is 5.39. The molecule has 1 aromatic heterocycles. The van der Waals surface area contributed by atoms with Gasteiger partial charge in [0.25, 0.3) is 0 Å². The molecule has 2 heterocycles. The van der Waals surface area contributed by atoms with Crippen LogP contribution in [0.2, 0.25) is 5.02 Å². The van der Waals surface area contributed by atoms with Crippen LogP contribution in [0.25, 0.3) is 10.9 Å². The second-order valence-corrected chi connectivity index (χ2v) is 9.84. The van der Waals surface area contributed by atoms with Gasteiger partial charge in [-0.2, -0.15) is 13.2 Å². The Bertz CT molecular complexity index is 1400. The van der Waals surface area contributed by atoms with Gasteiger partial charge in [-0.05, 0) is 31.2 Å². The van der Waals surface area contributed by atoms with Gasteiger partial charge in [0.15, 0.2) is 17.2 Å². The van der Waals surface area contributed by atoms with Crippen LogP contribution in [0.1, 0.15) is 22.5 Å². The first-order chi connectivity index (χ1) is 16.7. The summed E-state index contributed by atoms with van der Waals surface area (Å²) >= 11 is 6.76. The summed E-state index contributed by atoms with van der Waals surface area (Å²) in [5.74, 6) is -4.14. The number of likely N-dealkylation sites (tertiary alicyclic amines) is 1. The molecule has 1 atom stereocenters. The molecule has 0 aliphatic carbocycles. The number of carboxylic acid groups (broad SMARTS) is 1. The van der Waals surface area contributed by atoms with Crippen LogP contribution in [0.4, 0.5) is 22.0 Å². The van der Waals surface area contributed by atoms with Crippen LogP contribution in [0.15, 0.2) is 40.1 Å². The van der Waals surface area contributed by atoms with E-state index in [1.165, 1.54) is 35.8 Å². The van der Waals surface area contributed by atoms with Gasteiger partial charge in [-0.25, -0.2) is 13.6 Å². The Hall–Kier alpha value is -1.83. The number of carboxylic acids is 1. The van der Waals surface area contributed by atoms with Gasteiger partial charge in [0.1, 0.15) is 6.54 Å². The summed E-state index contributed by atoms with van der Waals surface area (Å²) in [6.07, 6.45) is -5.61. The Morgan fingerprint density at radius 2 is 1.84 bits per heavy atom. The Labute approximate surface area is 238 Å². The number of fused-ring (bicyclic) bond motifs is 1. The van der Waals surface area contributed by atoms with E-state index in [-0.39, 0.29) is 62.6 Å². The van der Waals surface area contributed by atoms with Gasteiger partial charge in [0.05, 0.1) is 22.6 Å². The zero-order valence-electron chi connectivity index (χ0n) is 18.5. The van der Waals surface area contributed by atoms with Crippen molar-refractivity contribution in [3.63, 3.8) is 0 Å². The molecule has 0 radical (unpaired) electrons. The van der Waals surface area contributed by atoms with Gasteiger partial charge in [0, 0.05) is 33.8 Å². The maximum absolute atomic E-state index is 15.1. The average Bonchev–Trinajstić information content (AvgIpc) is 3.32. The second kappa shape index (κ2) is 10.7. The summed E-state index contributed by atoms with van der Waals surface area (Å²) in [6.45, 7) is -0.347. The van der Waals surface area contributed by atoms with Crippen LogP contribution >= 0.6 is 23.4 Å². The summed E-state index contributed by atoms with van der Waals surface area (Å²) in [5, 5.41) is 19.1. The summed E-state index contributed by atoms with van der Waals surface area (Å²) in [7, 11) is 0. The van der Waals surface area contributed by atoms with Gasteiger partial charge in [-0.15, -0.1) is 0 Å². The molecule has 1 aliphatic rings. The quantitative estimate of drug-likeness (QED) is 0.345. The molecular weight excluding hydrogens is 554 g/mol. The van der Waals surface area contributed by atoms with Crippen molar-refractivity contribution in [2.45, 2.75) is 41.5 Å². The number of aromatic nitrogens is 1. The number of carbonyl (C=O) groups excluding carboxylic acids is 1. The molecular formula is C23H19ClF5N2NaO4S. The van der Waals surface area contributed by atoms with E-state index in [2.05, 4.69) is 0 Å². The number of alkyl halides is 3. The molecule has 194 valence electrons. The Morgan fingerprint density at radius 3 is 2.43 bits per heavy atom. The van der Waals surface area contributed by atoms with Crippen molar-refractivity contribution in [1.29, 1.82) is 0 Å². The minimum atomic E-state index is -4.92. The molecule has 2 N–H and O–H groups in total. The molecule has 1 saturated heterocycles. The number of benzene rings is 2. The molecule has 4 rings (SSSR count). The van der Waals surface area contributed by atoms with Crippen molar-refractivity contribution in [2.75, 3.05) is 13.1 Å². The minimum absolute atomic E-state index is 0. The normalized spacial score (nSPS) is 17.8. The molecule has 0 saturated carbocycles. The number of halogens is 6. The predicted molar refractivity (Wildman–Crippen MR) is 128 cm³/mol. The number of rotatable bonds is 5. The van der Waals surface area contributed by atoms with Crippen LogP contribution < -0.4 is 0 Å². The number of nitrogens with zero attached hydrogens (tertiary/aromatic N) is 2. The fourth-order valence-electron chi connectivity index (χ4n) is 4.14. The van der Waals surface area contributed by atoms with Crippen LogP contribution in [0.5, 0.6) is 0 Å². The Kier molecular flexibility index (Phi) is 8.63. The first-order valence-corrected chi connectivity index (χ1v) is 11.7. The summed E-state index contributed by atoms with van der Waals surface area (Å²) in [6, 6.07) is 6.50. The number of carbonyl (C=O) groups is 2. The predicted octanol–water partition coefficient (Wildman–Crippen LogP) is 4.61. The molecule has 2 aromatic carbocycles. The summed E-state index contributed by atoms with van der Waals surface area (Å²) < 4.78 is 70.7. The molecule has 3 aromatic rings. The fraction of sp³-hybridized carbons (Fsp3) is 0.304. The molecule has 1 unspecified atom stereocenters. The number of hydrogen-bond donors (Lipinski definition) is 2. The zero-order chi connectivity index (χ0) is 26.6. The molecule has 1 fully saturated rings. The third-order valence-corrected chi connectivity index (χ3v) is 7.69. The van der Waals surface area contributed by atoms with Crippen LogP contribution in [0, 0.1) is 18.6 Å². The monoisotopic (exact) mass is 572 g/mol. The van der Waals surface area contributed by atoms with E-state index in [1.54, 1.807) is 0 Å². The molecule has 14 heteroatoms. The number of aliphatic hydroxyl groups is 1. The van der Waals surface area contributed by atoms with Gasteiger partial charge >= 0.3 is 41.7 Å². The van der Waals surface area contributed by atoms with Crippen molar-refractivity contribution in [3.8, 4) is 0 Å². The van der Waals surface area contributed by atoms with Crippen LogP contribution in [-0.2, 0) is 11.3 Å². The van der Waals surface area contributed by atoms with E-state index in [0.717, 1.165) is 22.7 Å². The summed E-state index contributed by atoms with van der Waals surface area (Å²) in [4.78, 5) is 25.3. The number of aromatic carboxylic acids is 1. The number of hydrogen-bond acceptors (Lipinski definition) is 4. The van der Waals surface area contributed by atoms with Gasteiger partial charge in [0.2, 0.25) is 5.91 Å². The zero-order valence-corrected chi connectivity index (χ0v) is 20.1. The molecule has 0 spiro atoms. The molecule has 1 aliphatic heterocycles. The molecule has 37 heavy (non-hydrogen) atoms. The Morgan fingerprint density at radius 1 is 1.16 bits per heavy atom. The van der Waals surface area contributed by atoms with Crippen molar-refractivity contribution in [3.05, 3.63) is 58.2 Å². The van der Waals surface area contributed by atoms with E-state index < -0.39 is 60.4 Å². The van der Waals surface area contributed by atoms with Crippen LogP contribution in [0.3, 0.4) is 0 Å². The summed E-state index contributed by atoms with van der Waals surface area (Å²) in [5.41, 5.74) is -3.42. The topological polar surface area (TPSA) is 82.8 Å². The van der Waals surface area contributed by atoms with Crippen molar-refractivity contribution in [2.24, 2.45) is 0 Å². The van der Waals surface area contributed by atoms with E-state index in [4.69, 9.17) is 11.6 Å².